The van der Waals surface area contributed by atoms with Crippen molar-refractivity contribution in [2.45, 2.75) is 0 Å². The standard InChI is InChI=1S/C13H9BrFN3O2/c14-8-3-4-10(11(15)6-8)12(19)18-13(20)17-9-2-1-5-16-7-9/h1-7H,(H2,17,18,19,20). The molecule has 0 unspecified atom stereocenters. The van der Waals surface area contributed by atoms with Crippen molar-refractivity contribution in [2.24, 2.45) is 0 Å². The topological polar surface area (TPSA) is 71.1 Å². The van der Waals surface area contributed by atoms with Gasteiger partial charge in [-0.1, -0.05) is 15.9 Å². The summed E-state index contributed by atoms with van der Waals surface area (Å²) in [5.41, 5.74) is 0.212. The van der Waals surface area contributed by atoms with Crippen LogP contribution in [0.3, 0.4) is 0 Å². The Morgan fingerprint density at radius 3 is 2.70 bits per heavy atom. The Morgan fingerprint density at radius 1 is 1.25 bits per heavy atom. The number of halogens is 2. The molecule has 3 amide bonds. The van der Waals surface area contributed by atoms with Crippen molar-refractivity contribution in [3.63, 3.8) is 0 Å². The van der Waals surface area contributed by atoms with Crippen LogP contribution in [0.1, 0.15) is 10.4 Å². The Hall–Kier alpha value is -2.28. The second-order valence-electron chi connectivity index (χ2n) is 3.77. The van der Waals surface area contributed by atoms with Gasteiger partial charge in [-0.25, -0.2) is 9.18 Å². The van der Waals surface area contributed by atoms with E-state index in [9.17, 15) is 14.0 Å². The zero-order chi connectivity index (χ0) is 14.5. The minimum absolute atomic E-state index is 0.213. The van der Waals surface area contributed by atoms with Gasteiger partial charge < -0.3 is 5.32 Å². The molecule has 0 aliphatic heterocycles. The molecule has 0 aliphatic rings. The Bertz CT molecular complexity index is 649. The molecule has 2 aromatic rings. The number of nitrogens with one attached hydrogen (secondary N) is 2. The van der Waals surface area contributed by atoms with Crippen molar-refractivity contribution < 1.29 is 14.0 Å². The normalized spacial score (nSPS) is 9.90. The summed E-state index contributed by atoms with van der Waals surface area (Å²) < 4.78 is 14.1. The number of urea groups is 1. The number of pyridine rings is 1. The van der Waals surface area contributed by atoms with Gasteiger partial charge in [-0.15, -0.1) is 0 Å². The molecule has 5 nitrogen and oxygen atoms in total. The van der Waals surface area contributed by atoms with Crippen LogP contribution in [0.5, 0.6) is 0 Å². The van der Waals surface area contributed by atoms with E-state index in [0.29, 0.717) is 10.2 Å². The van der Waals surface area contributed by atoms with Gasteiger partial charge in [0, 0.05) is 10.7 Å². The van der Waals surface area contributed by atoms with Crippen LogP contribution < -0.4 is 10.6 Å². The van der Waals surface area contributed by atoms with E-state index in [1.165, 1.54) is 18.3 Å². The van der Waals surface area contributed by atoms with Crippen molar-refractivity contribution in [3.8, 4) is 0 Å². The molecule has 1 heterocycles. The predicted octanol–water partition coefficient (Wildman–Crippen LogP) is 2.95. The number of benzene rings is 1. The number of rotatable bonds is 2. The summed E-state index contributed by atoms with van der Waals surface area (Å²) in [6, 6.07) is 6.42. The maximum absolute atomic E-state index is 13.5. The first-order valence-corrected chi connectivity index (χ1v) is 6.33. The third kappa shape index (κ3) is 3.61. The third-order valence-corrected chi connectivity index (χ3v) is 2.82. The number of carbonyl (C=O) groups excluding carboxylic acids is 2. The quantitative estimate of drug-likeness (QED) is 0.884. The van der Waals surface area contributed by atoms with Gasteiger partial charge in [0.1, 0.15) is 5.82 Å². The van der Waals surface area contributed by atoms with E-state index >= 15 is 0 Å². The lowest BCUT2D eigenvalue weighted by atomic mass is 10.2. The van der Waals surface area contributed by atoms with Crippen molar-refractivity contribution in [3.05, 3.63) is 58.6 Å². The van der Waals surface area contributed by atoms with E-state index in [1.54, 1.807) is 18.3 Å². The summed E-state index contributed by atoms with van der Waals surface area (Å²) >= 11 is 3.08. The van der Waals surface area contributed by atoms with Crippen LogP contribution in [0.2, 0.25) is 0 Å². The molecule has 0 bridgehead atoms. The molecule has 0 fully saturated rings. The second kappa shape index (κ2) is 6.25. The summed E-state index contributed by atoms with van der Waals surface area (Å²) in [5, 5.41) is 4.44. The van der Waals surface area contributed by atoms with Crippen molar-refractivity contribution >= 4 is 33.6 Å². The summed E-state index contributed by atoms with van der Waals surface area (Å²) in [6.07, 6.45) is 2.97. The predicted molar refractivity (Wildman–Crippen MR) is 74.8 cm³/mol. The molecule has 1 aromatic carbocycles. The molecule has 20 heavy (non-hydrogen) atoms. The van der Waals surface area contributed by atoms with Gasteiger partial charge in [0.25, 0.3) is 5.91 Å². The molecule has 0 radical (unpaired) electrons. The lowest BCUT2D eigenvalue weighted by Gasteiger charge is -2.07. The zero-order valence-electron chi connectivity index (χ0n) is 10.1. The Balaban J connectivity index is 2.02. The smallest absolute Gasteiger partial charge is 0.306 e. The molecule has 0 aliphatic carbocycles. The first-order valence-electron chi connectivity index (χ1n) is 5.53. The number of carbonyl (C=O) groups is 2. The minimum Gasteiger partial charge on any atom is -0.306 e. The van der Waals surface area contributed by atoms with E-state index in [2.05, 4.69) is 26.2 Å². The van der Waals surface area contributed by atoms with Crippen LogP contribution in [-0.2, 0) is 0 Å². The zero-order valence-corrected chi connectivity index (χ0v) is 11.6. The van der Waals surface area contributed by atoms with Crippen molar-refractivity contribution in [1.29, 1.82) is 0 Å². The Labute approximate surface area is 122 Å². The first kappa shape index (κ1) is 14.1. The highest BCUT2D eigenvalue weighted by atomic mass is 79.9. The molecule has 0 saturated carbocycles. The second-order valence-corrected chi connectivity index (χ2v) is 4.69. The van der Waals surface area contributed by atoms with Crippen LogP contribution in [-0.4, -0.2) is 16.9 Å². The van der Waals surface area contributed by atoms with Gasteiger partial charge in [-0.05, 0) is 30.3 Å². The lowest BCUT2D eigenvalue weighted by molar-refractivity contribution is 0.0963. The molecule has 1 aromatic heterocycles. The van der Waals surface area contributed by atoms with E-state index in [4.69, 9.17) is 0 Å². The SMILES string of the molecule is O=C(NC(=O)c1ccc(Br)cc1F)Nc1cccnc1. The van der Waals surface area contributed by atoms with Crippen molar-refractivity contribution in [1.82, 2.24) is 10.3 Å². The molecule has 0 atom stereocenters. The molecule has 0 spiro atoms. The molecule has 2 N–H and O–H groups in total. The van der Waals surface area contributed by atoms with Crippen LogP contribution in [0, 0.1) is 5.82 Å². The summed E-state index contributed by atoms with van der Waals surface area (Å²) in [5.74, 6) is -1.54. The molecular formula is C13H9BrFN3O2. The lowest BCUT2D eigenvalue weighted by Crippen LogP contribution is -2.34. The van der Waals surface area contributed by atoms with Crippen LogP contribution in [0.4, 0.5) is 14.9 Å². The first-order chi connectivity index (χ1) is 9.56. The summed E-state index contributed by atoms with van der Waals surface area (Å²) in [4.78, 5) is 27.1. The number of hydrogen-bond acceptors (Lipinski definition) is 3. The average Bonchev–Trinajstić information content (AvgIpc) is 2.39. The molecule has 102 valence electrons. The molecule has 7 heteroatoms. The fourth-order valence-corrected chi connectivity index (χ4v) is 1.78. The highest BCUT2D eigenvalue weighted by Crippen LogP contribution is 2.15. The van der Waals surface area contributed by atoms with E-state index in [-0.39, 0.29) is 5.56 Å². The van der Waals surface area contributed by atoms with Gasteiger partial charge in [0.2, 0.25) is 0 Å². The average molecular weight is 338 g/mol. The molecule has 2 rings (SSSR count). The number of anilines is 1. The molecular weight excluding hydrogens is 329 g/mol. The monoisotopic (exact) mass is 337 g/mol. The van der Waals surface area contributed by atoms with Crippen molar-refractivity contribution in [2.75, 3.05) is 5.32 Å². The van der Waals surface area contributed by atoms with Gasteiger partial charge in [-0.2, -0.15) is 0 Å². The van der Waals surface area contributed by atoms with E-state index in [0.717, 1.165) is 6.07 Å². The highest BCUT2D eigenvalue weighted by Gasteiger charge is 2.14. The molecule has 0 saturated heterocycles. The maximum atomic E-state index is 13.5. The largest absolute Gasteiger partial charge is 0.326 e. The third-order valence-electron chi connectivity index (χ3n) is 2.32. The number of amides is 3. The summed E-state index contributed by atoms with van der Waals surface area (Å²) in [7, 11) is 0. The minimum atomic E-state index is -0.823. The maximum Gasteiger partial charge on any atom is 0.326 e. The summed E-state index contributed by atoms with van der Waals surface area (Å²) in [6.45, 7) is 0. The van der Waals surface area contributed by atoms with Gasteiger partial charge >= 0.3 is 6.03 Å². The number of aromatic nitrogens is 1. The van der Waals surface area contributed by atoms with Crippen LogP contribution in [0.25, 0.3) is 0 Å². The number of hydrogen-bond donors (Lipinski definition) is 2. The fraction of sp³-hybridized carbons (Fsp3) is 0. The Morgan fingerprint density at radius 2 is 2.05 bits per heavy atom. The van der Waals surface area contributed by atoms with E-state index in [1.807, 2.05) is 5.32 Å². The fourth-order valence-electron chi connectivity index (χ4n) is 1.44. The van der Waals surface area contributed by atoms with Crippen LogP contribution >= 0.6 is 15.9 Å². The van der Waals surface area contributed by atoms with Gasteiger partial charge in [0.15, 0.2) is 0 Å². The highest BCUT2D eigenvalue weighted by molar-refractivity contribution is 9.10. The van der Waals surface area contributed by atoms with Crippen LogP contribution in [0.15, 0.2) is 47.2 Å². The number of imide groups is 1. The Kier molecular flexibility index (Phi) is 4.41. The van der Waals surface area contributed by atoms with E-state index < -0.39 is 17.8 Å². The van der Waals surface area contributed by atoms with Gasteiger partial charge in [-0.3, -0.25) is 15.1 Å². The van der Waals surface area contributed by atoms with Gasteiger partial charge in [0.05, 0.1) is 17.4 Å². The number of nitrogens with zero attached hydrogens (tertiary/aromatic N) is 1.